The molecular weight excluding hydrogens is 294 g/mol. The summed E-state index contributed by atoms with van der Waals surface area (Å²) >= 11 is 3.44. The molecule has 1 unspecified atom stereocenters. The molecule has 98 valence electrons. The van der Waals surface area contributed by atoms with E-state index < -0.39 is 0 Å². The van der Waals surface area contributed by atoms with Crippen LogP contribution >= 0.6 is 15.9 Å². The molecule has 2 rings (SSSR count). The number of ether oxygens (including phenoxy) is 1. The summed E-state index contributed by atoms with van der Waals surface area (Å²) in [5.74, 6) is 0.338. The first-order chi connectivity index (χ1) is 8.75. The Labute approximate surface area is 116 Å². The molecule has 0 aromatic heterocycles. The molecular formula is C14H18BrNO2. The van der Waals surface area contributed by atoms with Gasteiger partial charge in [-0.05, 0) is 37.9 Å². The van der Waals surface area contributed by atoms with Crippen molar-refractivity contribution in [1.29, 1.82) is 0 Å². The van der Waals surface area contributed by atoms with Crippen LogP contribution in [0.25, 0.3) is 0 Å². The van der Waals surface area contributed by atoms with Crippen LogP contribution in [-0.2, 0) is 16.1 Å². The van der Waals surface area contributed by atoms with E-state index in [-0.39, 0.29) is 5.97 Å². The van der Waals surface area contributed by atoms with Crippen LogP contribution < -0.4 is 5.32 Å². The van der Waals surface area contributed by atoms with Crippen LogP contribution in [0.4, 0.5) is 0 Å². The Balaban J connectivity index is 1.76. The van der Waals surface area contributed by atoms with Crippen molar-refractivity contribution >= 4 is 21.9 Å². The van der Waals surface area contributed by atoms with Gasteiger partial charge in [0.05, 0.1) is 0 Å². The highest BCUT2D eigenvalue weighted by Crippen LogP contribution is 2.18. The molecule has 0 aliphatic carbocycles. The lowest BCUT2D eigenvalue weighted by atomic mass is 9.96. The lowest BCUT2D eigenvalue weighted by Gasteiger charge is -2.21. The van der Waals surface area contributed by atoms with E-state index >= 15 is 0 Å². The third-order valence-electron chi connectivity index (χ3n) is 3.20. The fourth-order valence-corrected chi connectivity index (χ4v) is 2.57. The van der Waals surface area contributed by atoms with E-state index in [0.29, 0.717) is 18.9 Å². The number of hydrogen-bond acceptors (Lipinski definition) is 3. The van der Waals surface area contributed by atoms with Crippen molar-refractivity contribution in [2.24, 2.45) is 5.92 Å². The van der Waals surface area contributed by atoms with Crippen LogP contribution in [0.1, 0.15) is 24.8 Å². The first kappa shape index (κ1) is 13.6. The summed E-state index contributed by atoms with van der Waals surface area (Å²) in [6.07, 6.45) is 2.80. The number of carbonyl (C=O) groups is 1. The Hall–Kier alpha value is -0.870. The van der Waals surface area contributed by atoms with Crippen molar-refractivity contribution in [3.05, 3.63) is 34.3 Å². The lowest BCUT2D eigenvalue weighted by molar-refractivity contribution is -0.146. The second-order valence-corrected chi connectivity index (χ2v) is 5.52. The number of esters is 1. The van der Waals surface area contributed by atoms with E-state index in [9.17, 15) is 4.79 Å². The Morgan fingerprint density at radius 2 is 2.28 bits per heavy atom. The summed E-state index contributed by atoms with van der Waals surface area (Å²) in [6.45, 7) is 2.35. The number of halogens is 1. The van der Waals surface area contributed by atoms with Gasteiger partial charge in [-0.3, -0.25) is 4.79 Å². The zero-order valence-electron chi connectivity index (χ0n) is 10.3. The maximum Gasteiger partial charge on any atom is 0.306 e. The topological polar surface area (TPSA) is 38.3 Å². The molecule has 1 N–H and O–H groups in total. The molecule has 0 bridgehead atoms. The van der Waals surface area contributed by atoms with Gasteiger partial charge in [0.2, 0.25) is 0 Å². The fraction of sp³-hybridized carbons (Fsp3) is 0.500. The first-order valence-electron chi connectivity index (χ1n) is 6.35. The Morgan fingerprint density at radius 1 is 1.44 bits per heavy atom. The maximum absolute atomic E-state index is 11.7. The molecule has 1 atom stereocenters. The highest BCUT2D eigenvalue weighted by Gasteiger charge is 2.17. The van der Waals surface area contributed by atoms with E-state index in [1.54, 1.807) is 0 Å². The van der Waals surface area contributed by atoms with E-state index in [1.165, 1.54) is 0 Å². The van der Waals surface area contributed by atoms with Gasteiger partial charge in [-0.2, -0.15) is 0 Å². The zero-order valence-corrected chi connectivity index (χ0v) is 11.9. The molecule has 1 aromatic carbocycles. The summed E-state index contributed by atoms with van der Waals surface area (Å²) < 4.78 is 6.30. The molecule has 1 aromatic rings. The molecule has 0 spiro atoms. The minimum Gasteiger partial charge on any atom is -0.461 e. The van der Waals surface area contributed by atoms with Crippen molar-refractivity contribution in [1.82, 2.24) is 5.32 Å². The molecule has 1 aliphatic rings. The smallest absolute Gasteiger partial charge is 0.306 e. The average molecular weight is 312 g/mol. The number of piperidine rings is 1. The molecule has 0 saturated carbocycles. The molecule has 1 fully saturated rings. The van der Waals surface area contributed by atoms with Crippen molar-refractivity contribution < 1.29 is 9.53 Å². The van der Waals surface area contributed by atoms with Gasteiger partial charge in [0.15, 0.2) is 0 Å². The molecule has 1 heterocycles. The van der Waals surface area contributed by atoms with E-state index in [0.717, 1.165) is 36.0 Å². The third-order valence-corrected chi connectivity index (χ3v) is 3.97. The van der Waals surface area contributed by atoms with Gasteiger partial charge in [0, 0.05) is 16.5 Å². The quantitative estimate of drug-likeness (QED) is 0.869. The summed E-state index contributed by atoms with van der Waals surface area (Å²) in [4.78, 5) is 11.7. The maximum atomic E-state index is 11.7. The molecule has 0 radical (unpaired) electrons. The normalized spacial score (nSPS) is 19.5. The third kappa shape index (κ3) is 4.10. The van der Waals surface area contributed by atoms with Crippen molar-refractivity contribution in [3.8, 4) is 0 Å². The fourth-order valence-electron chi connectivity index (χ4n) is 2.17. The van der Waals surface area contributed by atoms with Crippen LogP contribution in [-0.4, -0.2) is 19.1 Å². The summed E-state index contributed by atoms with van der Waals surface area (Å²) in [7, 11) is 0. The van der Waals surface area contributed by atoms with Gasteiger partial charge >= 0.3 is 5.97 Å². The van der Waals surface area contributed by atoms with Crippen LogP contribution in [0.15, 0.2) is 28.7 Å². The highest BCUT2D eigenvalue weighted by atomic mass is 79.9. The second-order valence-electron chi connectivity index (χ2n) is 4.67. The van der Waals surface area contributed by atoms with Gasteiger partial charge < -0.3 is 10.1 Å². The molecule has 4 heteroatoms. The largest absolute Gasteiger partial charge is 0.461 e. The number of nitrogens with one attached hydrogen (secondary N) is 1. The monoisotopic (exact) mass is 311 g/mol. The standard InChI is InChI=1S/C14H18BrNO2/c15-13-6-2-1-5-12(13)10-18-14(17)8-11-4-3-7-16-9-11/h1-2,5-6,11,16H,3-4,7-10H2. The second kappa shape index (κ2) is 6.90. The van der Waals surface area contributed by atoms with Crippen molar-refractivity contribution in [2.45, 2.75) is 25.9 Å². The number of hydrogen-bond donors (Lipinski definition) is 1. The highest BCUT2D eigenvalue weighted by molar-refractivity contribution is 9.10. The summed E-state index contributed by atoms with van der Waals surface area (Å²) in [5, 5.41) is 3.31. The molecule has 1 saturated heterocycles. The summed E-state index contributed by atoms with van der Waals surface area (Å²) in [6, 6.07) is 7.80. The van der Waals surface area contributed by atoms with E-state index in [2.05, 4.69) is 21.2 Å². The van der Waals surface area contributed by atoms with Gasteiger partial charge in [-0.15, -0.1) is 0 Å². The zero-order chi connectivity index (χ0) is 12.8. The number of rotatable bonds is 4. The predicted octanol–water partition coefficient (Wildman–Crippen LogP) is 2.88. The first-order valence-corrected chi connectivity index (χ1v) is 7.15. The minimum atomic E-state index is -0.0977. The minimum absolute atomic E-state index is 0.0977. The van der Waals surface area contributed by atoms with Crippen LogP contribution in [0.5, 0.6) is 0 Å². The molecule has 18 heavy (non-hydrogen) atoms. The lowest BCUT2D eigenvalue weighted by Crippen LogP contribution is -2.31. The SMILES string of the molecule is O=C(CC1CCCNC1)OCc1ccccc1Br. The van der Waals surface area contributed by atoms with Gasteiger partial charge in [0.25, 0.3) is 0 Å². The Kier molecular flexibility index (Phi) is 5.20. The van der Waals surface area contributed by atoms with Crippen LogP contribution in [0.3, 0.4) is 0 Å². The van der Waals surface area contributed by atoms with Gasteiger partial charge in [-0.1, -0.05) is 34.1 Å². The Bertz CT molecular complexity index is 403. The predicted molar refractivity (Wildman–Crippen MR) is 74.1 cm³/mol. The van der Waals surface area contributed by atoms with E-state index in [4.69, 9.17) is 4.74 Å². The van der Waals surface area contributed by atoms with Crippen molar-refractivity contribution in [3.63, 3.8) is 0 Å². The average Bonchev–Trinajstić information content (AvgIpc) is 2.39. The van der Waals surface area contributed by atoms with Crippen LogP contribution in [0, 0.1) is 5.92 Å². The van der Waals surface area contributed by atoms with Gasteiger partial charge in [0.1, 0.15) is 6.61 Å². The number of benzene rings is 1. The molecule has 3 nitrogen and oxygen atoms in total. The van der Waals surface area contributed by atoms with Crippen LogP contribution in [0.2, 0.25) is 0 Å². The van der Waals surface area contributed by atoms with Gasteiger partial charge in [-0.25, -0.2) is 0 Å². The van der Waals surface area contributed by atoms with E-state index in [1.807, 2.05) is 24.3 Å². The summed E-state index contributed by atoms with van der Waals surface area (Å²) in [5.41, 5.74) is 1.01. The number of carbonyl (C=O) groups excluding carboxylic acids is 1. The Morgan fingerprint density at radius 3 is 3.00 bits per heavy atom. The molecule has 0 amide bonds. The van der Waals surface area contributed by atoms with Crippen molar-refractivity contribution in [2.75, 3.05) is 13.1 Å². The molecule has 1 aliphatic heterocycles.